The summed E-state index contributed by atoms with van der Waals surface area (Å²) in [4.78, 5) is 25.5. The quantitative estimate of drug-likeness (QED) is 0.916. The van der Waals surface area contributed by atoms with Crippen molar-refractivity contribution in [2.75, 3.05) is 19.6 Å². The Morgan fingerprint density at radius 2 is 1.95 bits per heavy atom. The fourth-order valence-electron chi connectivity index (χ4n) is 2.18. The number of nitrogens with one attached hydrogen (secondary N) is 1. The van der Waals surface area contributed by atoms with Crippen LogP contribution in [-0.4, -0.2) is 36.3 Å². The molecule has 108 valence electrons. The monoisotopic (exact) mass is 342 g/mol. The lowest BCUT2D eigenvalue weighted by atomic mass is 10.1. The SMILES string of the molecule is O=C(NCC(=O)N1CCCCC1)c1cc(Br)ccc1F. The van der Waals surface area contributed by atoms with Gasteiger partial charge in [-0.1, -0.05) is 15.9 Å². The summed E-state index contributed by atoms with van der Waals surface area (Å²) in [7, 11) is 0. The average Bonchev–Trinajstić information content (AvgIpc) is 2.47. The third-order valence-corrected chi connectivity index (χ3v) is 3.78. The van der Waals surface area contributed by atoms with Gasteiger partial charge in [0.1, 0.15) is 5.82 Å². The first-order chi connectivity index (χ1) is 9.58. The van der Waals surface area contributed by atoms with E-state index in [4.69, 9.17) is 0 Å². The van der Waals surface area contributed by atoms with Crippen LogP contribution in [0.5, 0.6) is 0 Å². The van der Waals surface area contributed by atoms with Gasteiger partial charge in [-0.15, -0.1) is 0 Å². The van der Waals surface area contributed by atoms with Crippen molar-refractivity contribution in [2.45, 2.75) is 19.3 Å². The first kappa shape index (κ1) is 15.0. The van der Waals surface area contributed by atoms with Crippen LogP contribution in [0.3, 0.4) is 0 Å². The highest BCUT2D eigenvalue weighted by Gasteiger charge is 2.18. The second-order valence-electron chi connectivity index (χ2n) is 4.75. The number of halogens is 2. The minimum Gasteiger partial charge on any atom is -0.343 e. The van der Waals surface area contributed by atoms with E-state index in [0.717, 1.165) is 32.4 Å². The Bertz CT molecular complexity index is 516. The van der Waals surface area contributed by atoms with Crippen LogP contribution >= 0.6 is 15.9 Å². The molecule has 0 radical (unpaired) electrons. The Balaban J connectivity index is 1.91. The first-order valence-corrected chi connectivity index (χ1v) is 7.38. The minimum atomic E-state index is -0.601. The van der Waals surface area contributed by atoms with Crippen LogP contribution in [-0.2, 0) is 4.79 Å². The summed E-state index contributed by atoms with van der Waals surface area (Å²) < 4.78 is 14.1. The fraction of sp³-hybridized carbons (Fsp3) is 0.429. The summed E-state index contributed by atoms with van der Waals surface area (Å²) in [5.74, 6) is -1.29. The molecule has 1 aliphatic rings. The molecular weight excluding hydrogens is 327 g/mol. The molecule has 0 aliphatic carbocycles. The van der Waals surface area contributed by atoms with Crippen LogP contribution in [0.2, 0.25) is 0 Å². The summed E-state index contributed by atoms with van der Waals surface area (Å²) >= 11 is 3.19. The number of hydrogen-bond acceptors (Lipinski definition) is 2. The molecule has 0 aromatic heterocycles. The molecule has 1 aromatic rings. The van der Waals surface area contributed by atoms with Crippen molar-refractivity contribution in [3.8, 4) is 0 Å². The number of amides is 2. The molecule has 1 aromatic carbocycles. The van der Waals surface area contributed by atoms with Crippen LogP contribution in [0.25, 0.3) is 0 Å². The summed E-state index contributed by atoms with van der Waals surface area (Å²) in [6.45, 7) is 1.38. The van der Waals surface area contributed by atoms with Gasteiger partial charge in [-0.2, -0.15) is 0 Å². The summed E-state index contributed by atoms with van der Waals surface area (Å²) in [6.07, 6.45) is 3.14. The Hall–Kier alpha value is -1.43. The highest BCUT2D eigenvalue weighted by molar-refractivity contribution is 9.10. The second-order valence-corrected chi connectivity index (χ2v) is 5.66. The molecule has 1 saturated heterocycles. The molecule has 6 heteroatoms. The molecule has 0 atom stereocenters. The number of likely N-dealkylation sites (tertiary alicyclic amines) is 1. The number of carbonyl (C=O) groups excluding carboxylic acids is 2. The van der Waals surface area contributed by atoms with Gasteiger partial charge in [0.25, 0.3) is 5.91 Å². The molecule has 1 fully saturated rings. The third kappa shape index (κ3) is 3.79. The van der Waals surface area contributed by atoms with Gasteiger partial charge in [-0.3, -0.25) is 9.59 Å². The van der Waals surface area contributed by atoms with Crippen LogP contribution < -0.4 is 5.32 Å². The lowest BCUT2D eigenvalue weighted by Gasteiger charge is -2.26. The number of carbonyl (C=O) groups is 2. The molecule has 1 heterocycles. The van der Waals surface area contributed by atoms with E-state index in [1.165, 1.54) is 18.2 Å². The van der Waals surface area contributed by atoms with Crippen molar-refractivity contribution in [1.29, 1.82) is 0 Å². The summed E-state index contributed by atoms with van der Waals surface area (Å²) in [5.41, 5.74) is -0.0641. The Labute approximate surface area is 125 Å². The zero-order valence-electron chi connectivity index (χ0n) is 11.0. The minimum absolute atomic E-state index is 0.0641. The topological polar surface area (TPSA) is 49.4 Å². The van der Waals surface area contributed by atoms with E-state index < -0.39 is 11.7 Å². The highest BCUT2D eigenvalue weighted by Crippen LogP contribution is 2.15. The third-order valence-electron chi connectivity index (χ3n) is 3.28. The predicted octanol–water partition coefficient (Wildman–Crippen LogP) is 2.33. The Kier molecular flexibility index (Phi) is 5.11. The Morgan fingerprint density at radius 3 is 2.65 bits per heavy atom. The van der Waals surface area contributed by atoms with Crippen molar-refractivity contribution in [3.63, 3.8) is 0 Å². The van der Waals surface area contributed by atoms with E-state index in [9.17, 15) is 14.0 Å². The maximum atomic E-state index is 13.5. The molecule has 0 saturated carbocycles. The van der Waals surface area contributed by atoms with Gasteiger partial charge in [-0.25, -0.2) is 4.39 Å². The van der Waals surface area contributed by atoms with Gasteiger partial charge >= 0.3 is 0 Å². The molecule has 2 rings (SSSR count). The standard InChI is InChI=1S/C14H16BrFN2O2/c15-10-4-5-12(16)11(8-10)14(20)17-9-13(19)18-6-2-1-3-7-18/h4-5,8H,1-3,6-7,9H2,(H,17,20). The van der Waals surface area contributed by atoms with Crippen LogP contribution in [0.4, 0.5) is 4.39 Å². The van der Waals surface area contributed by atoms with Gasteiger partial charge in [0, 0.05) is 17.6 Å². The van der Waals surface area contributed by atoms with E-state index in [2.05, 4.69) is 21.2 Å². The van der Waals surface area contributed by atoms with Crippen LogP contribution in [0, 0.1) is 5.82 Å². The average molecular weight is 343 g/mol. The summed E-state index contributed by atoms with van der Waals surface area (Å²) in [5, 5.41) is 2.47. The molecule has 2 amide bonds. The van der Waals surface area contributed by atoms with Crippen molar-refractivity contribution >= 4 is 27.7 Å². The molecule has 1 N–H and O–H groups in total. The maximum Gasteiger partial charge on any atom is 0.254 e. The largest absolute Gasteiger partial charge is 0.343 e. The molecule has 4 nitrogen and oxygen atoms in total. The molecule has 0 bridgehead atoms. The van der Waals surface area contributed by atoms with Crippen LogP contribution in [0.1, 0.15) is 29.6 Å². The van der Waals surface area contributed by atoms with E-state index in [1.54, 1.807) is 4.90 Å². The molecule has 1 aliphatic heterocycles. The predicted molar refractivity (Wildman–Crippen MR) is 76.9 cm³/mol. The number of rotatable bonds is 3. The van der Waals surface area contributed by atoms with Gasteiger partial charge in [0.2, 0.25) is 5.91 Å². The van der Waals surface area contributed by atoms with Crippen molar-refractivity contribution in [2.24, 2.45) is 0 Å². The number of piperidine rings is 1. The van der Waals surface area contributed by atoms with Gasteiger partial charge < -0.3 is 10.2 Å². The second kappa shape index (κ2) is 6.83. The van der Waals surface area contributed by atoms with Crippen LogP contribution in [0.15, 0.2) is 22.7 Å². The highest BCUT2D eigenvalue weighted by atomic mass is 79.9. The summed E-state index contributed by atoms with van der Waals surface area (Å²) in [6, 6.07) is 4.13. The van der Waals surface area contributed by atoms with Crippen molar-refractivity contribution in [1.82, 2.24) is 10.2 Å². The van der Waals surface area contributed by atoms with Gasteiger partial charge in [-0.05, 0) is 37.5 Å². The molecule has 0 unspecified atom stereocenters. The molecular formula is C14H16BrFN2O2. The van der Waals surface area contributed by atoms with Gasteiger partial charge in [0.15, 0.2) is 0 Å². The maximum absolute atomic E-state index is 13.5. The number of benzene rings is 1. The van der Waals surface area contributed by atoms with Gasteiger partial charge in [0.05, 0.1) is 12.1 Å². The zero-order valence-corrected chi connectivity index (χ0v) is 12.6. The van der Waals surface area contributed by atoms with E-state index in [0.29, 0.717) is 4.47 Å². The molecule has 0 spiro atoms. The Morgan fingerprint density at radius 1 is 1.25 bits per heavy atom. The lowest BCUT2D eigenvalue weighted by molar-refractivity contribution is -0.130. The smallest absolute Gasteiger partial charge is 0.254 e. The van der Waals surface area contributed by atoms with Crippen molar-refractivity contribution in [3.05, 3.63) is 34.1 Å². The zero-order chi connectivity index (χ0) is 14.5. The lowest BCUT2D eigenvalue weighted by Crippen LogP contribution is -2.42. The fourth-order valence-corrected chi connectivity index (χ4v) is 2.54. The van der Waals surface area contributed by atoms with E-state index in [1.807, 2.05) is 0 Å². The number of hydrogen-bond donors (Lipinski definition) is 1. The van der Waals surface area contributed by atoms with E-state index >= 15 is 0 Å². The molecule has 20 heavy (non-hydrogen) atoms. The first-order valence-electron chi connectivity index (χ1n) is 6.59. The number of nitrogens with zero attached hydrogens (tertiary/aromatic N) is 1. The van der Waals surface area contributed by atoms with E-state index in [-0.39, 0.29) is 18.0 Å². The normalized spacial score (nSPS) is 15.0. The van der Waals surface area contributed by atoms with Crippen molar-refractivity contribution < 1.29 is 14.0 Å².